The zero-order valence-corrected chi connectivity index (χ0v) is 15.4. The molecule has 4 rings (SSSR count). The summed E-state index contributed by atoms with van der Waals surface area (Å²) in [6, 6.07) is 14.5. The number of nitrogens with zero attached hydrogens (tertiary/aromatic N) is 1. The SMILES string of the molecule is COc1ccc(C(=O)CN2C(=O)C3CCCCC3Oc3ccccc32)cc1. The van der Waals surface area contributed by atoms with Crippen molar-refractivity contribution in [1.82, 2.24) is 0 Å². The summed E-state index contributed by atoms with van der Waals surface area (Å²) in [4.78, 5) is 27.8. The molecule has 2 aromatic carbocycles. The van der Waals surface area contributed by atoms with Crippen LogP contribution in [0, 0.1) is 5.92 Å². The largest absolute Gasteiger partial charge is 0.497 e. The van der Waals surface area contributed by atoms with E-state index in [9.17, 15) is 9.59 Å². The number of methoxy groups -OCH3 is 1. The highest BCUT2D eigenvalue weighted by Crippen LogP contribution is 2.39. The van der Waals surface area contributed by atoms with E-state index in [0.717, 1.165) is 25.7 Å². The van der Waals surface area contributed by atoms with E-state index in [4.69, 9.17) is 9.47 Å². The van der Waals surface area contributed by atoms with Crippen LogP contribution in [0.2, 0.25) is 0 Å². The Morgan fingerprint density at radius 3 is 2.63 bits per heavy atom. The van der Waals surface area contributed by atoms with Gasteiger partial charge >= 0.3 is 0 Å². The van der Waals surface area contributed by atoms with Crippen molar-refractivity contribution in [3.8, 4) is 11.5 Å². The summed E-state index contributed by atoms with van der Waals surface area (Å²) in [5.74, 6) is 1.08. The van der Waals surface area contributed by atoms with Gasteiger partial charge in [0.25, 0.3) is 0 Å². The average molecular weight is 365 g/mol. The molecule has 140 valence electrons. The first-order valence-corrected chi connectivity index (χ1v) is 9.41. The number of anilines is 1. The molecule has 27 heavy (non-hydrogen) atoms. The Morgan fingerprint density at radius 2 is 1.85 bits per heavy atom. The number of ether oxygens (including phenoxy) is 2. The van der Waals surface area contributed by atoms with Gasteiger partial charge in [-0.1, -0.05) is 18.6 Å². The number of rotatable bonds is 4. The first-order chi connectivity index (χ1) is 13.2. The third-order valence-corrected chi connectivity index (χ3v) is 5.43. The minimum atomic E-state index is -0.185. The van der Waals surface area contributed by atoms with Crippen molar-refractivity contribution < 1.29 is 19.1 Å². The second-order valence-corrected chi connectivity index (χ2v) is 7.09. The zero-order valence-electron chi connectivity index (χ0n) is 15.4. The van der Waals surface area contributed by atoms with E-state index >= 15 is 0 Å². The van der Waals surface area contributed by atoms with Gasteiger partial charge in [0.05, 0.1) is 25.3 Å². The Hall–Kier alpha value is -2.82. The molecular weight excluding hydrogens is 342 g/mol. The highest BCUT2D eigenvalue weighted by Gasteiger charge is 2.40. The second kappa shape index (κ2) is 7.43. The molecule has 2 unspecified atom stereocenters. The summed E-state index contributed by atoms with van der Waals surface area (Å²) in [6.45, 7) is 0.00869. The molecule has 1 aliphatic carbocycles. The number of hydrogen-bond acceptors (Lipinski definition) is 4. The molecule has 0 N–H and O–H groups in total. The molecule has 2 aromatic rings. The molecular formula is C22H23NO4. The molecule has 2 atom stereocenters. The highest BCUT2D eigenvalue weighted by atomic mass is 16.5. The second-order valence-electron chi connectivity index (χ2n) is 7.09. The number of Topliss-reactive ketones (excluding diaryl/α,β-unsaturated/α-hetero) is 1. The van der Waals surface area contributed by atoms with Crippen molar-refractivity contribution >= 4 is 17.4 Å². The van der Waals surface area contributed by atoms with Crippen LogP contribution in [0.25, 0.3) is 0 Å². The number of carbonyl (C=O) groups is 2. The number of ketones is 1. The van der Waals surface area contributed by atoms with Crippen molar-refractivity contribution in [3.63, 3.8) is 0 Å². The van der Waals surface area contributed by atoms with Gasteiger partial charge in [0.2, 0.25) is 5.91 Å². The Kier molecular flexibility index (Phi) is 4.84. The van der Waals surface area contributed by atoms with Crippen LogP contribution in [0.3, 0.4) is 0 Å². The molecule has 0 bridgehead atoms. The topological polar surface area (TPSA) is 55.8 Å². The Balaban J connectivity index is 1.64. The van der Waals surface area contributed by atoms with E-state index in [2.05, 4.69) is 0 Å². The Labute approximate surface area is 158 Å². The Bertz CT molecular complexity index is 846. The lowest BCUT2D eigenvalue weighted by molar-refractivity contribution is -0.125. The molecule has 5 nitrogen and oxygen atoms in total. The first kappa shape index (κ1) is 17.6. The maximum atomic E-state index is 13.3. The predicted octanol–water partition coefficient (Wildman–Crippen LogP) is 3.86. The smallest absolute Gasteiger partial charge is 0.234 e. The molecule has 1 amide bonds. The molecule has 1 aliphatic heterocycles. The molecule has 1 fully saturated rings. The molecule has 0 spiro atoms. The quantitative estimate of drug-likeness (QED) is 0.772. The lowest BCUT2D eigenvalue weighted by Gasteiger charge is -2.30. The fourth-order valence-corrected chi connectivity index (χ4v) is 3.96. The molecule has 0 saturated heterocycles. The van der Waals surface area contributed by atoms with Gasteiger partial charge in [-0.15, -0.1) is 0 Å². The van der Waals surface area contributed by atoms with Crippen LogP contribution < -0.4 is 14.4 Å². The van der Waals surface area contributed by atoms with Crippen molar-refractivity contribution in [3.05, 3.63) is 54.1 Å². The van der Waals surface area contributed by atoms with E-state index in [1.54, 1.807) is 36.3 Å². The van der Waals surface area contributed by atoms with Gasteiger partial charge in [0.15, 0.2) is 5.78 Å². The standard InChI is InChI=1S/C22H23NO4/c1-26-16-12-10-15(11-13-16)19(24)14-23-18-7-3-5-9-21(18)27-20-8-4-2-6-17(20)22(23)25/h3,5,7,9-13,17,20H,2,4,6,8,14H2,1H3. The summed E-state index contributed by atoms with van der Waals surface area (Å²) >= 11 is 0. The molecule has 1 heterocycles. The van der Waals surface area contributed by atoms with E-state index in [1.165, 1.54) is 0 Å². The summed E-state index contributed by atoms with van der Waals surface area (Å²) in [7, 11) is 1.59. The van der Waals surface area contributed by atoms with Gasteiger partial charge < -0.3 is 14.4 Å². The monoisotopic (exact) mass is 365 g/mol. The summed E-state index contributed by atoms with van der Waals surface area (Å²) in [5, 5.41) is 0. The molecule has 2 aliphatic rings. The van der Waals surface area contributed by atoms with Crippen LogP contribution in [0.5, 0.6) is 11.5 Å². The fraction of sp³-hybridized carbons (Fsp3) is 0.364. The summed E-state index contributed by atoms with van der Waals surface area (Å²) in [5.41, 5.74) is 1.24. The van der Waals surface area contributed by atoms with Crippen molar-refractivity contribution in [2.24, 2.45) is 5.92 Å². The zero-order chi connectivity index (χ0) is 18.8. The number of benzene rings is 2. The van der Waals surface area contributed by atoms with Crippen LogP contribution in [0.1, 0.15) is 36.0 Å². The van der Waals surface area contributed by atoms with E-state index in [1.807, 2.05) is 24.3 Å². The normalized spacial score (nSPS) is 21.5. The fourth-order valence-electron chi connectivity index (χ4n) is 3.96. The number of carbonyl (C=O) groups excluding carboxylic acids is 2. The van der Waals surface area contributed by atoms with Crippen molar-refractivity contribution in [2.75, 3.05) is 18.6 Å². The van der Waals surface area contributed by atoms with Gasteiger partial charge in [-0.05, 0) is 55.7 Å². The van der Waals surface area contributed by atoms with Crippen molar-refractivity contribution in [2.45, 2.75) is 31.8 Å². The van der Waals surface area contributed by atoms with Crippen LogP contribution >= 0.6 is 0 Å². The number of amides is 1. The number of para-hydroxylation sites is 2. The molecule has 0 radical (unpaired) electrons. The van der Waals surface area contributed by atoms with Crippen LogP contribution in [-0.2, 0) is 4.79 Å². The average Bonchev–Trinajstić information content (AvgIpc) is 2.83. The molecule has 0 aromatic heterocycles. The van der Waals surface area contributed by atoms with Gasteiger partial charge in [-0.2, -0.15) is 0 Å². The van der Waals surface area contributed by atoms with Crippen molar-refractivity contribution in [1.29, 1.82) is 0 Å². The van der Waals surface area contributed by atoms with E-state index < -0.39 is 0 Å². The van der Waals surface area contributed by atoms with Crippen LogP contribution in [0.15, 0.2) is 48.5 Å². The van der Waals surface area contributed by atoms with E-state index in [-0.39, 0.29) is 30.3 Å². The van der Waals surface area contributed by atoms with Gasteiger partial charge in [0, 0.05) is 5.56 Å². The third kappa shape index (κ3) is 3.42. The maximum Gasteiger partial charge on any atom is 0.234 e. The van der Waals surface area contributed by atoms with Gasteiger partial charge in [-0.25, -0.2) is 0 Å². The molecule has 1 saturated carbocycles. The summed E-state index contributed by atoms with van der Waals surface area (Å²) < 4.78 is 11.3. The molecule has 5 heteroatoms. The lowest BCUT2D eigenvalue weighted by Crippen LogP contribution is -2.44. The number of hydrogen-bond donors (Lipinski definition) is 0. The third-order valence-electron chi connectivity index (χ3n) is 5.43. The minimum Gasteiger partial charge on any atom is -0.497 e. The lowest BCUT2D eigenvalue weighted by atomic mass is 9.85. The van der Waals surface area contributed by atoms with Crippen LogP contribution in [0.4, 0.5) is 5.69 Å². The Morgan fingerprint density at radius 1 is 1.11 bits per heavy atom. The highest BCUT2D eigenvalue weighted by molar-refractivity contribution is 6.07. The number of fused-ring (bicyclic) bond motifs is 2. The summed E-state index contributed by atoms with van der Waals surface area (Å²) in [6.07, 6.45) is 3.68. The predicted molar refractivity (Wildman–Crippen MR) is 102 cm³/mol. The van der Waals surface area contributed by atoms with Crippen LogP contribution in [-0.4, -0.2) is 31.4 Å². The minimum absolute atomic E-state index is 0.00786. The van der Waals surface area contributed by atoms with E-state index in [0.29, 0.717) is 22.7 Å². The first-order valence-electron chi connectivity index (χ1n) is 9.41. The maximum absolute atomic E-state index is 13.3. The van der Waals surface area contributed by atoms with Gasteiger partial charge in [0.1, 0.15) is 17.6 Å². The van der Waals surface area contributed by atoms with Gasteiger partial charge in [-0.3, -0.25) is 9.59 Å².